The molecule has 178 valence electrons. The highest BCUT2D eigenvalue weighted by Crippen LogP contribution is 2.67. The second-order valence-electron chi connectivity index (χ2n) is 12.8. The van der Waals surface area contributed by atoms with Crippen LogP contribution in [0.15, 0.2) is 60.7 Å². The van der Waals surface area contributed by atoms with Gasteiger partial charge in [-0.1, -0.05) is 128 Å². The summed E-state index contributed by atoms with van der Waals surface area (Å²) in [6.45, 7) is 22.1. The Kier molecular flexibility index (Phi) is 5.52. The molecule has 34 heavy (non-hydrogen) atoms. The van der Waals surface area contributed by atoms with E-state index in [1.807, 2.05) is 0 Å². The Morgan fingerprint density at radius 2 is 0.941 bits per heavy atom. The zero-order valence-corrected chi connectivity index (χ0v) is 23.7. The second kappa shape index (κ2) is 7.95. The van der Waals surface area contributed by atoms with Crippen molar-refractivity contribution < 1.29 is 0 Å². The maximum Gasteiger partial charge on any atom is 0.116 e. The molecule has 3 aromatic rings. The zero-order chi connectivity index (χ0) is 24.6. The quantitative estimate of drug-likeness (QED) is 0.337. The lowest BCUT2D eigenvalue weighted by atomic mass is 9.86. The molecule has 0 saturated carbocycles. The molecular weight excluding hydrogens is 424 g/mol. The van der Waals surface area contributed by atoms with Gasteiger partial charge >= 0.3 is 0 Å². The van der Waals surface area contributed by atoms with Crippen molar-refractivity contribution in [2.45, 2.75) is 96.2 Å². The van der Waals surface area contributed by atoms with E-state index in [0.29, 0.717) is 28.8 Å². The van der Waals surface area contributed by atoms with Gasteiger partial charge in [-0.05, 0) is 61.7 Å². The number of hydrogen-bond donors (Lipinski definition) is 0. The standard InChI is InChI=1S/C33H42Si/c1-20(2)23-18-28(21(3)4)32(29(19-23)22(5)6)34(33(7,8)9)30-24-14-10-11-15-25(24)31(34)27-17-13-12-16-26(27)30/h10-22,30-31H,1-9H3. The normalized spacial score (nSPS) is 23.2. The van der Waals surface area contributed by atoms with Crippen molar-refractivity contribution in [1.82, 2.24) is 0 Å². The number of hydrogen-bond acceptors (Lipinski definition) is 0. The summed E-state index contributed by atoms with van der Waals surface area (Å²) in [5.74, 6) is 1.58. The molecule has 0 fully saturated rings. The van der Waals surface area contributed by atoms with E-state index >= 15 is 0 Å². The minimum absolute atomic E-state index is 0.215. The molecule has 2 aliphatic heterocycles. The predicted octanol–water partition coefficient (Wildman–Crippen LogP) is 8.88. The van der Waals surface area contributed by atoms with E-state index in [-0.39, 0.29) is 5.04 Å². The smallest absolute Gasteiger partial charge is 0.0622 e. The van der Waals surface area contributed by atoms with Gasteiger partial charge < -0.3 is 0 Å². The molecule has 0 radical (unpaired) electrons. The van der Waals surface area contributed by atoms with Crippen molar-refractivity contribution in [3.63, 3.8) is 0 Å². The van der Waals surface area contributed by atoms with E-state index in [4.69, 9.17) is 0 Å². The average molecular weight is 467 g/mol. The lowest BCUT2D eigenvalue weighted by molar-refractivity contribution is 0.701. The van der Waals surface area contributed by atoms with E-state index in [1.165, 1.54) is 5.56 Å². The maximum atomic E-state index is 2.60. The van der Waals surface area contributed by atoms with Crippen LogP contribution in [0.25, 0.3) is 0 Å². The first kappa shape index (κ1) is 23.6. The molecule has 0 spiro atoms. The summed E-state index contributed by atoms with van der Waals surface area (Å²) < 4.78 is 0. The van der Waals surface area contributed by atoms with Crippen LogP contribution < -0.4 is 5.19 Å². The fraction of sp³-hybridized carbons (Fsp3) is 0.455. The van der Waals surface area contributed by atoms with Crippen LogP contribution in [0, 0.1) is 0 Å². The van der Waals surface area contributed by atoms with E-state index in [1.54, 1.807) is 38.6 Å². The van der Waals surface area contributed by atoms with Crippen molar-refractivity contribution in [1.29, 1.82) is 0 Å². The van der Waals surface area contributed by atoms with Gasteiger partial charge in [0.1, 0.15) is 8.07 Å². The first-order valence-corrected chi connectivity index (χ1v) is 15.5. The molecule has 5 rings (SSSR count). The van der Waals surface area contributed by atoms with Crippen molar-refractivity contribution in [2.75, 3.05) is 0 Å². The molecular formula is C33H42Si. The van der Waals surface area contributed by atoms with Gasteiger partial charge in [-0.2, -0.15) is 0 Å². The Hall–Kier alpha value is -2.12. The number of fused-ring (bicyclic) bond motifs is 8. The monoisotopic (exact) mass is 466 g/mol. The third-order valence-electron chi connectivity index (χ3n) is 8.93. The van der Waals surface area contributed by atoms with Crippen molar-refractivity contribution >= 4 is 13.3 Å². The van der Waals surface area contributed by atoms with Crippen LogP contribution in [0.1, 0.15) is 130 Å². The molecule has 0 nitrogen and oxygen atoms in total. The topological polar surface area (TPSA) is 0 Å². The fourth-order valence-electron chi connectivity index (χ4n) is 7.52. The molecule has 0 saturated heterocycles. The molecule has 0 aromatic heterocycles. The van der Waals surface area contributed by atoms with Crippen LogP contribution in [0.2, 0.25) is 5.04 Å². The van der Waals surface area contributed by atoms with Gasteiger partial charge in [0.15, 0.2) is 0 Å². The van der Waals surface area contributed by atoms with Crippen LogP contribution >= 0.6 is 0 Å². The Morgan fingerprint density at radius 3 is 1.21 bits per heavy atom. The summed E-state index contributed by atoms with van der Waals surface area (Å²) in [5.41, 5.74) is 12.3. The van der Waals surface area contributed by atoms with Crippen LogP contribution in [0.3, 0.4) is 0 Å². The second-order valence-corrected chi connectivity index (χ2v) is 17.7. The van der Waals surface area contributed by atoms with Crippen LogP contribution in [0.4, 0.5) is 0 Å². The molecule has 0 aliphatic carbocycles. The molecule has 0 N–H and O–H groups in total. The first-order chi connectivity index (χ1) is 16.0. The van der Waals surface area contributed by atoms with Gasteiger partial charge in [0.25, 0.3) is 0 Å². The third kappa shape index (κ3) is 3.02. The first-order valence-electron chi connectivity index (χ1n) is 13.4. The van der Waals surface area contributed by atoms with E-state index in [0.717, 1.165) is 0 Å². The summed E-state index contributed by atoms with van der Waals surface area (Å²) in [6, 6.07) is 24.1. The highest BCUT2D eigenvalue weighted by molar-refractivity contribution is 6.99. The molecule has 0 atom stereocenters. The Labute approximate surface area is 208 Å². The largest absolute Gasteiger partial charge is 0.116 e. The predicted molar refractivity (Wildman–Crippen MR) is 150 cm³/mol. The molecule has 2 bridgehead atoms. The summed E-state index contributed by atoms with van der Waals surface area (Å²) in [5, 5.41) is 2.00. The van der Waals surface area contributed by atoms with Gasteiger partial charge in [-0.3, -0.25) is 0 Å². The molecule has 2 heterocycles. The van der Waals surface area contributed by atoms with Gasteiger partial charge in [-0.25, -0.2) is 0 Å². The van der Waals surface area contributed by atoms with Crippen LogP contribution in [0.5, 0.6) is 0 Å². The third-order valence-corrected chi connectivity index (χ3v) is 15.9. The van der Waals surface area contributed by atoms with Crippen LogP contribution in [-0.4, -0.2) is 8.07 Å². The van der Waals surface area contributed by atoms with Gasteiger partial charge in [0.05, 0.1) is 0 Å². The Balaban J connectivity index is 1.97. The summed E-state index contributed by atoms with van der Waals surface area (Å²) in [6.07, 6.45) is 0. The highest BCUT2D eigenvalue weighted by Gasteiger charge is 2.68. The highest BCUT2D eigenvalue weighted by atomic mass is 28.3. The molecule has 1 heteroatoms. The fourth-order valence-corrected chi connectivity index (χ4v) is 15.6. The van der Waals surface area contributed by atoms with E-state index < -0.39 is 8.07 Å². The molecule has 3 aromatic carbocycles. The minimum atomic E-state index is -2.19. The van der Waals surface area contributed by atoms with Gasteiger partial charge in [-0.15, -0.1) is 0 Å². The minimum Gasteiger partial charge on any atom is -0.0622 e. The zero-order valence-electron chi connectivity index (χ0n) is 22.7. The Bertz CT molecular complexity index is 1110. The lowest BCUT2D eigenvalue weighted by Crippen LogP contribution is -2.61. The summed E-state index contributed by atoms with van der Waals surface area (Å²) in [4.78, 5) is 0. The van der Waals surface area contributed by atoms with Crippen molar-refractivity contribution in [2.24, 2.45) is 0 Å². The van der Waals surface area contributed by atoms with Gasteiger partial charge in [0, 0.05) is 11.1 Å². The van der Waals surface area contributed by atoms with E-state index in [2.05, 4.69) is 123 Å². The van der Waals surface area contributed by atoms with Gasteiger partial charge in [0.2, 0.25) is 0 Å². The summed E-state index contributed by atoms with van der Waals surface area (Å²) >= 11 is 0. The van der Waals surface area contributed by atoms with E-state index in [9.17, 15) is 0 Å². The molecule has 2 aliphatic rings. The molecule has 0 unspecified atom stereocenters. The maximum absolute atomic E-state index is 2.60. The Morgan fingerprint density at radius 1 is 0.588 bits per heavy atom. The average Bonchev–Trinajstić information content (AvgIpc) is 3.26. The summed E-state index contributed by atoms with van der Waals surface area (Å²) in [7, 11) is -2.19. The SMILES string of the molecule is CC(C)c1cc(C(C)C)c([Si]2(C(C)(C)C)C3c4ccccc4C2c2ccccc23)c(C(C)C)c1. The van der Waals surface area contributed by atoms with Crippen LogP contribution in [-0.2, 0) is 0 Å². The van der Waals surface area contributed by atoms with Crippen molar-refractivity contribution in [3.8, 4) is 0 Å². The van der Waals surface area contributed by atoms with Crippen molar-refractivity contribution in [3.05, 3.63) is 99.6 Å². The lowest BCUT2D eigenvalue weighted by Gasteiger charge is -2.48. The molecule has 0 amide bonds. The number of rotatable bonds is 4. The number of benzene rings is 3.